The SMILES string of the molecule is CCCN(CCC1CCCCC1)C1CCc2cccc(SC)c2C1. The first-order chi connectivity index (χ1) is 11.8. The molecule has 0 aliphatic heterocycles. The summed E-state index contributed by atoms with van der Waals surface area (Å²) in [6.07, 6.45) is 16.3. The minimum atomic E-state index is 0.773. The Morgan fingerprint density at radius 2 is 1.92 bits per heavy atom. The fourth-order valence-corrected chi connectivity index (χ4v) is 5.50. The van der Waals surface area contributed by atoms with Gasteiger partial charge in [0.15, 0.2) is 0 Å². The van der Waals surface area contributed by atoms with E-state index in [0.717, 1.165) is 12.0 Å². The predicted octanol–water partition coefficient (Wildman–Crippen LogP) is 5.95. The molecule has 0 heterocycles. The smallest absolute Gasteiger partial charge is 0.0139 e. The molecule has 1 aromatic rings. The van der Waals surface area contributed by atoms with E-state index in [1.54, 1.807) is 11.1 Å². The van der Waals surface area contributed by atoms with Gasteiger partial charge in [0.05, 0.1) is 0 Å². The molecule has 1 nitrogen and oxygen atoms in total. The lowest BCUT2D eigenvalue weighted by atomic mass is 9.85. The number of hydrogen-bond acceptors (Lipinski definition) is 2. The molecule has 1 aromatic carbocycles. The Morgan fingerprint density at radius 3 is 2.67 bits per heavy atom. The van der Waals surface area contributed by atoms with Crippen molar-refractivity contribution in [2.45, 2.75) is 82.1 Å². The second-order valence-corrected chi connectivity index (χ2v) is 8.67. The van der Waals surface area contributed by atoms with E-state index >= 15 is 0 Å². The molecule has 0 amide bonds. The molecule has 134 valence electrons. The van der Waals surface area contributed by atoms with E-state index in [0.29, 0.717) is 0 Å². The largest absolute Gasteiger partial charge is 0.300 e. The zero-order chi connectivity index (χ0) is 16.8. The minimum Gasteiger partial charge on any atom is -0.300 e. The van der Waals surface area contributed by atoms with Crippen molar-refractivity contribution < 1.29 is 0 Å². The summed E-state index contributed by atoms with van der Waals surface area (Å²) in [6, 6.07) is 7.70. The zero-order valence-corrected chi connectivity index (χ0v) is 16.5. The van der Waals surface area contributed by atoms with Crippen LogP contribution in [0.1, 0.15) is 69.4 Å². The monoisotopic (exact) mass is 345 g/mol. The quantitative estimate of drug-likeness (QED) is 0.562. The van der Waals surface area contributed by atoms with Crippen molar-refractivity contribution in [3.63, 3.8) is 0 Å². The molecule has 2 aliphatic rings. The molecule has 0 spiro atoms. The van der Waals surface area contributed by atoms with E-state index in [9.17, 15) is 0 Å². The van der Waals surface area contributed by atoms with E-state index < -0.39 is 0 Å². The molecule has 0 bridgehead atoms. The lowest BCUT2D eigenvalue weighted by Gasteiger charge is -2.37. The Labute approximate surface area is 153 Å². The number of aryl methyl sites for hydroxylation is 1. The first kappa shape index (κ1) is 18.3. The molecular weight excluding hydrogens is 310 g/mol. The fourth-order valence-electron chi connectivity index (χ4n) is 4.83. The fraction of sp³-hybridized carbons (Fsp3) is 0.727. The molecule has 24 heavy (non-hydrogen) atoms. The average Bonchev–Trinajstić information content (AvgIpc) is 2.65. The molecular formula is C22H35NS. The predicted molar refractivity (Wildman–Crippen MR) is 107 cm³/mol. The summed E-state index contributed by atoms with van der Waals surface area (Å²) in [5, 5.41) is 0. The number of benzene rings is 1. The van der Waals surface area contributed by atoms with Gasteiger partial charge in [0.1, 0.15) is 0 Å². The van der Waals surface area contributed by atoms with Crippen molar-refractivity contribution in [3.8, 4) is 0 Å². The van der Waals surface area contributed by atoms with E-state index in [2.05, 4.69) is 36.3 Å². The highest BCUT2D eigenvalue weighted by molar-refractivity contribution is 7.98. The van der Waals surface area contributed by atoms with Gasteiger partial charge in [-0.15, -0.1) is 11.8 Å². The Balaban J connectivity index is 1.63. The van der Waals surface area contributed by atoms with Gasteiger partial charge in [-0.2, -0.15) is 0 Å². The zero-order valence-electron chi connectivity index (χ0n) is 15.7. The van der Waals surface area contributed by atoms with Gasteiger partial charge in [0.2, 0.25) is 0 Å². The van der Waals surface area contributed by atoms with Crippen molar-refractivity contribution in [1.82, 2.24) is 4.90 Å². The first-order valence-corrected chi connectivity index (χ1v) is 11.4. The molecule has 2 aliphatic carbocycles. The lowest BCUT2D eigenvalue weighted by Crippen LogP contribution is -2.41. The summed E-state index contributed by atoms with van der Waals surface area (Å²) in [4.78, 5) is 4.36. The Hall–Kier alpha value is -0.470. The maximum atomic E-state index is 2.84. The number of fused-ring (bicyclic) bond motifs is 1. The molecule has 0 aromatic heterocycles. The van der Waals surface area contributed by atoms with E-state index in [1.165, 1.54) is 82.2 Å². The second-order valence-electron chi connectivity index (χ2n) is 7.82. The van der Waals surface area contributed by atoms with Gasteiger partial charge in [-0.25, -0.2) is 0 Å². The van der Waals surface area contributed by atoms with Gasteiger partial charge in [0.25, 0.3) is 0 Å². The molecule has 0 saturated heterocycles. The normalized spacial score (nSPS) is 21.9. The number of hydrogen-bond donors (Lipinski definition) is 0. The summed E-state index contributed by atoms with van der Waals surface area (Å²) in [5.41, 5.74) is 3.27. The van der Waals surface area contributed by atoms with Crippen molar-refractivity contribution >= 4 is 11.8 Å². The maximum Gasteiger partial charge on any atom is 0.0139 e. The summed E-state index contributed by atoms with van der Waals surface area (Å²) < 4.78 is 0. The van der Waals surface area contributed by atoms with Crippen molar-refractivity contribution in [1.29, 1.82) is 0 Å². The van der Waals surface area contributed by atoms with Crippen LogP contribution in [-0.2, 0) is 12.8 Å². The summed E-state index contributed by atoms with van der Waals surface area (Å²) in [7, 11) is 0. The summed E-state index contributed by atoms with van der Waals surface area (Å²) in [6.45, 7) is 4.96. The third kappa shape index (κ3) is 4.58. The van der Waals surface area contributed by atoms with Gasteiger partial charge >= 0.3 is 0 Å². The average molecular weight is 346 g/mol. The van der Waals surface area contributed by atoms with Crippen LogP contribution in [0.15, 0.2) is 23.1 Å². The van der Waals surface area contributed by atoms with Crippen LogP contribution in [0.3, 0.4) is 0 Å². The van der Waals surface area contributed by atoms with Crippen LogP contribution in [-0.4, -0.2) is 30.3 Å². The lowest BCUT2D eigenvalue weighted by molar-refractivity contribution is 0.160. The van der Waals surface area contributed by atoms with Crippen LogP contribution in [0.2, 0.25) is 0 Å². The van der Waals surface area contributed by atoms with E-state index in [-0.39, 0.29) is 0 Å². The van der Waals surface area contributed by atoms with Crippen LogP contribution < -0.4 is 0 Å². The Kier molecular flexibility index (Phi) is 7.09. The molecule has 1 fully saturated rings. The molecule has 0 N–H and O–H groups in total. The van der Waals surface area contributed by atoms with E-state index in [1.807, 2.05) is 11.8 Å². The van der Waals surface area contributed by atoms with Crippen molar-refractivity contribution in [3.05, 3.63) is 29.3 Å². The molecule has 1 atom stereocenters. The van der Waals surface area contributed by atoms with Crippen LogP contribution in [0.5, 0.6) is 0 Å². The number of thioether (sulfide) groups is 1. The second kappa shape index (κ2) is 9.29. The van der Waals surface area contributed by atoms with E-state index in [4.69, 9.17) is 0 Å². The molecule has 0 radical (unpaired) electrons. The summed E-state index contributed by atoms with van der Waals surface area (Å²) in [5.74, 6) is 1.01. The first-order valence-electron chi connectivity index (χ1n) is 10.2. The van der Waals surface area contributed by atoms with Crippen LogP contribution >= 0.6 is 11.8 Å². The molecule has 1 unspecified atom stereocenters. The Morgan fingerprint density at radius 1 is 1.08 bits per heavy atom. The molecule has 3 rings (SSSR count). The van der Waals surface area contributed by atoms with Crippen molar-refractivity contribution in [2.24, 2.45) is 5.92 Å². The third-order valence-corrected chi connectivity index (χ3v) is 7.04. The standard InChI is InChI=1S/C22H35NS/c1-3-15-23(16-14-18-8-5-4-6-9-18)20-13-12-19-10-7-11-22(24-2)21(19)17-20/h7,10-11,18,20H,3-6,8-9,12-17H2,1-2H3. The number of nitrogens with zero attached hydrogens (tertiary/aromatic N) is 1. The van der Waals surface area contributed by atoms with Gasteiger partial charge in [0, 0.05) is 10.9 Å². The maximum absolute atomic E-state index is 2.84. The molecule has 1 saturated carbocycles. The van der Waals surface area contributed by atoms with Gasteiger partial charge < -0.3 is 4.90 Å². The van der Waals surface area contributed by atoms with Crippen LogP contribution in [0.4, 0.5) is 0 Å². The highest BCUT2D eigenvalue weighted by atomic mass is 32.2. The highest BCUT2D eigenvalue weighted by Gasteiger charge is 2.26. The number of rotatable bonds is 7. The van der Waals surface area contributed by atoms with Crippen LogP contribution in [0.25, 0.3) is 0 Å². The highest BCUT2D eigenvalue weighted by Crippen LogP contribution is 2.32. The topological polar surface area (TPSA) is 3.24 Å². The summed E-state index contributed by atoms with van der Waals surface area (Å²) >= 11 is 1.93. The van der Waals surface area contributed by atoms with Gasteiger partial charge in [-0.3, -0.25) is 0 Å². The third-order valence-electron chi connectivity index (χ3n) is 6.21. The van der Waals surface area contributed by atoms with Gasteiger partial charge in [-0.1, -0.05) is 51.2 Å². The molecule has 2 heteroatoms. The Bertz CT molecular complexity index is 492. The van der Waals surface area contributed by atoms with Crippen LogP contribution in [0, 0.1) is 5.92 Å². The minimum absolute atomic E-state index is 0.773. The van der Waals surface area contributed by atoms with Crippen molar-refractivity contribution in [2.75, 3.05) is 19.3 Å². The van der Waals surface area contributed by atoms with Gasteiger partial charge in [-0.05, 0) is 74.6 Å².